The number of nitro groups is 1. The van der Waals surface area contributed by atoms with Gasteiger partial charge in [0.05, 0.1) is 32.4 Å². The summed E-state index contributed by atoms with van der Waals surface area (Å²) in [6.45, 7) is 0. The summed E-state index contributed by atoms with van der Waals surface area (Å²) in [5.74, 6) is 0. The van der Waals surface area contributed by atoms with Crippen LogP contribution in [0.5, 0.6) is 0 Å². The summed E-state index contributed by atoms with van der Waals surface area (Å²) in [6.07, 6.45) is 0. The first kappa shape index (κ1) is 18.6. The molecular formula is C26H17N3O2. The van der Waals surface area contributed by atoms with Gasteiger partial charge in [-0.15, -0.1) is 0 Å². The number of para-hydroxylation sites is 3. The minimum absolute atomic E-state index is 0.0979. The lowest BCUT2D eigenvalue weighted by molar-refractivity contribution is -0.383. The Morgan fingerprint density at radius 2 is 1.00 bits per heavy atom. The predicted octanol–water partition coefficient (Wildman–Crippen LogP) is 6.68. The molecule has 31 heavy (non-hydrogen) atoms. The molecular weight excluding hydrogens is 386 g/mol. The Kier molecular flexibility index (Phi) is 4.69. The van der Waals surface area contributed by atoms with E-state index < -0.39 is 0 Å². The molecule has 0 saturated carbocycles. The number of non-ortho nitro benzene ring substituents is 1. The third kappa shape index (κ3) is 3.65. The quantitative estimate of drug-likeness (QED) is 0.174. The maximum Gasteiger partial charge on any atom is 0.278 e. The van der Waals surface area contributed by atoms with Gasteiger partial charge in [0.1, 0.15) is 0 Å². The van der Waals surface area contributed by atoms with E-state index in [4.69, 9.17) is 0 Å². The largest absolute Gasteiger partial charge is 0.278 e. The van der Waals surface area contributed by atoms with E-state index in [1.54, 1.807) is 12.1 Å². The van der Waals surface area contributed by atoms with Gasteiger partial charge in [-0.3, -0.25) is 10.1 Å². The Morgan fingerprint density at radius 3 is 1.55 bits per heavy atom. The molecule has 2 heterocycles. The van der Waals surface area contributed by atoms with E-state index in [0.29, 0.717) is 10.9 Å². The highest BCUT2D eigenvalue weighted by molar-refractivity contribution is 5.97. The van der Waals surface area contributed by atoms with Crippen molar-refractivity contribution in [1.82, 2.24) is 9.97 Å². The van der Waals surface area contributed by atoms with E-state index in [0.717, 1.165) is 21.9 Å². The Balaban J connectivity index is 0.000000134. The van der Waals surface area contributed by atoms with Gasteiger partial charge in [-0.05, 0) is 36.4 Å². The molecule has 5 nitrogen and oxygen atoms in total. The van der Waals surface area contributed by atoms with Crippen LogP contribution < -0.4 is 0 Å². The fourth-order valence-electron chi connectivity index (χ4n) is 3.66. The van der Waals surface area contributed by atoms with Gasteiger partial charge < -0.3 is 0 Å². The van der Waals surface area contributed by atoms with E-state index in [9.17, 15) is 10.1 Å². The van der Waals surface area contributed by atoms with Gasteiger partial charge in [-0.2, -0.15) is 0 Å². The zero-order chi connectivity index (χ0) is 21.2. The van der Waals surface area contributed by atoms with Crippen LogP contribution in [-0.4, -0.2) is 14.9 Å². The minimum Gasteiger partial charge on any atom is -0.258 e. The van der Waals surface area contributed by atoms with Crippen LogP contribution in [0.1, 0.15) is 0 Å². The summed E-state index contributed by atoms with van der Waals surface area (Å²) in [7, 11) is 0. The second-order valence-electron chi connectivity index (χ2n) is 7.16. The smallest absolute Gasteiger partial charge is 0.258 e. The molecule has 0 saturated heterocycles. The molecule has 148 valence electrons. The number of pyridine rings is 2. The molecule has 0 atom stereocenters. The van der Waals surface area contributed by atoms with E-state index in [1.165, 1.54) is 16.8 Å². The molecule has 6 aromatic rings. The molecule has 0 aliphatic rings. The highest BCUT2D eigenvalue weighted by Gasteiger charge is 2.12. The van der Waals surface area contributed by atoms with Gasteiger partial charge in [0.2, 0.25) is 0 Å². The number of hydrogen-bond donors (Lipinski definition) is 0. The average molecular weight is 403 g/mol. The first-order valence-corrected chi connectivity index (χ1v) is 9.86. The van der Waals surface area contributed by atoms with Gasteiger partial charge in [-0.25, -0.2) is 9.97 Å². The van der Waals surface area contributed by atoms with Gasteiger partial charge >= 0.3 is 0 Å². The highest BCUT2D eigenvalue weighted by atomic mass is 16.6. The van der Waals surface area contributed by atoms with Crippen LogP contribution in [0.3, 0.4) is 0 Å². The summed E-state index contributed by atoms with van der Waals surface area (Å²) in [5, 5.41) is 14.8. The standard InChI is InChI=1S/C13H8N2O2.C13H9N/c16-15(17)13-7-3-6-12-10(13)8-9-4-1-2-5-11(9)14-12;1-3-7-12-10(5-1)9-11-6-2-4-8-13(11)14-12/h1-8H;1-9H. The van der Waals surface area contributed by atoms with Crippen LogP contribution >= 0.6 is 0 Å². The van der Waals surface area contributed by atoms with Crippen molar-refractivity contribution in [2.24, 2.45) is 0 Å². The number of fused-ring (bicyclic) bond motifs is 4. The van der Waals surface area contributed by atoms with Crippen molar-refractivity contribution in [3.05, 3.63) is 113 Å². The lowest BCUT2D eigenvalue weighted by atomic mass is 10.1. The summed E-state index contributed by atoms with van der Waals surface area (Å²) < 4.78 is 0. The zero-order valence-electron chi connectivity index (χ0n) is 16.5. The average Bonchev–Trinajstić information content (AvgIpc) is 2.81. The first-order chi connectivity index (χ1) is 15.2. The summed E-state index contributed by atoms with van der Waals surface area (Å²) in [6, 6.07) is 32.9. The molecule has 0 aliphatic carbocycles. The SMILES string of the molecule is O=[N+]([O-])c1cccc2nc3ccccc3cc12.c1ccc2nc3ccccc3cc2c1. The van der Waals surface area contributed by atoms with Gasteiger partial charge in [0.15, 0.2) is 0 Å². The number of benzene rings is 4. The van der Waals surface area contributed by atoms with E-state index in [2.05, 4.69) is 28.2 Å². The highest BCUT2D eigenvalue weighted by Crippen LogP contribution is 2.27. The number of aromatic nitrogens is 2. The zero-order valence-corrected chi connectivity index (χ0v) is 16.5. The molecule has 0 N–H and O–H groups in total. The molecule has 0 amide bonds. The molecule has 4 aromatic carbocycles. The van der Waals surface area contributed by atoms with Gasteiger partial charge in [-0.1, -0.05) is 60.7 Å². The Hall–Kier alpha value is -4.38. The lowest BCUT2D eigenvalue weighted by Crippen LogP contribution is -1.90. The Morgan fingerprint density at radius 1 is 0.548 bits per heavy atom. The van der Waals surface area contributed by atoms with Crippen molar-refractivity contribution in [3.63, 3.8) is 0 Å². The van der Waals surface area contributed by atoms with Crippen molar-refractivity contribution >= 4 is 49.3 Å². The van der Waals surface area contributed by atoms with Crippen molar-refractivity contribution in [3.8, 4) is 0 Å². The summed E-state index contributed by atoms with van der Waals surface area (Å²) >= 11 is 0. The number of nitro benzene ring substituents is 1. The molecule has 0 aliphatic heterocycles. The molecule has 6 rings (SSSR count). The van der Waals surface area contributed by atoms with Crippen molar-refractivity contribution < 1.29 is 4.92 Å². The molecule has 0 fully saturated rings. The Bertz CT molecular complexity index is 1470. The van der Waals surface area contributed by atoms with Crippen molar-refractivity contribution in [1.29, 1.82) is 0 Å². The van der Waals surface area contributed by atoms with Crippen LogP contribution in [0.2, 0.25) is 0 Å². The third-order valence-electron chi connectivity index (χ3n) is 5.16. The van der Waals surface area contributed by atoms with Gasteiger partial charge in [0, 0.05) is 22.2 Å². The molecule has 0 spiro atoms. The van der Waals surface area contributed by atoms with E-state index in [1.807, 2.05) is 66.7 Å². The van der Waals surface area contributed by atoms with Crippen molar-refractivity contribution in [2.75, 3.05) is 0 Å². The van der Waals surface area contributed by atoms with Crippen LogP contribution in [0.4, 0.5) is 5.69 Å². The molecule has 0 radical (unpaired) electrons. The number of rotatable bonds is 1. The topological polar surface area (TPSA) is 68.9 Å². The van der Waals surface area contributed by atoms with Crippen LogP contribution in [0.25, 0.3) is 43.6 Å². The minimum atomic E-state index is -0.376. The number of hydrogen-bond acceptors (Lipinski definition) is 4. The molecule has 0 unspecified atom stereocenters. The second-order valence-corrected chi connectivity index (χ2v) is 7.16. The van der Waals surface area contributed by atoms with E-state index in [-0.39, 0.29) is 10.6 Å². The maximum atomic E-state index is 10.9. The van der Waals surface area contributed by atoms with Crippen molar-refractivity contribution in [2.45, 2.75) is 0 Å². The molecule has 2 aromatic heterocycles. The predicted molar refractivity (Wildman–Crippen MR) is 125 cm³/mol. The van der Waals surface area contributed by atoms with Crippen LogP contribution in [0.15, 0.2) is 103 Å². The van der Waals surface area contributed by atoms with Crippen LogP contribution in [0, 0.1) is 10.1 Å². The fraction of sp³-hybridized carbons (Fsp3) is 0. The molecule has 5 heteroatoms. The number of nitrogens with zero attached hydrogens (tertiary/aromatic N) is 3. The third-order valence-corrected chi connectivity index (χ3v) is 5.16. The summed E-state index contributed by atoms with van der Waals surface area (Å²) in [4.78, 5) is 19.5. The summed E-state index contributed by atoms with van der Waals surface area (Å²) in [5.41, 5.74) is 3.72. The first-order valence-electron chi connectivity index (χ1n) is 9.86. The normalized spacial score (nSPS) is 10.8. The van der Waals surface area contributed by atoms with Crippen LogP contribution in [-0.2, 0) is 0 Å². The fourth-order valence-corrected chi connectivity index (χ4v) is 3.66. The lowest BCUT2D eigenvalue weighted by Gasteiger charge is -2.01. The van der Waals surface area contributed by atoms with Gasteiger partial charge in [0.25, 0.3) is 5.69 Å². The van der Waals surface area contributed by atoms with E-state index >= 15 is 0 Å². The Labute approximate surface area is 177 Å². The monoisotopic (exact) mass is 403 g/mol. The second kappa shape index (κ2) is 7.80. The maximum absolute atomic E-state index is 10.9. The molecule has 0 bridgehead atoms.